The lowest BCUT2D eigenvalue weighted by atomic mass is 10.0. The van der Waals surface area contributed by atoms with Crippen molar-refractivity contribution >= 4 is 26.9 Å². The molecule has 4 rings (SSSR count). The number of nitrogens with one attached hydrogen (secondary N) is 1. The number of fused-ring (bicyclic) bond motifs is 1. The third kappa shape index (κ3) is 3.84. The monoisotopic (exact) mass is 407 g/mol. The molecule has 0 amide bonds. The topological polar surface area (TPSA) is 89.8 Å². The van der Waals surface area contributed by atoms with Crippen molar-refractivity contribution in [2.75, 3.05) is 11.0 Å². The second kappa shape index (κ2) is 7.29. The van der Waals surface area contributed by atoms with Crippen LogP contribution in [0, 0.1) is 0 Å². The Morgan fingerprint density at radius 1 is 0.966 bits per heavy atom. The Morgan fingerprint density at radius 3 is 2.52 bits per heavy atom. The molecule has 0 aliphatic rings. The van der Waals surface area contributed by atoms with Gasteiger partial charge in [0.1, 0.15) is 17.3 Å². The first-order valence-electron chi connectivity index (χ1n) is 9.21. The van der Waals surface area contributed by atoms with Gasteiger partial charge in [0.15, 0.2) is 5.82 Å². The van der Waals surface area contributed by atoms with Crippen LogP contribution in [0.25, 0.3) is 28.4 Å². The van der Waals surface area contributed by atoms with Crippen molar-refractivity contribution in [2.45, 2.75) is 19.8 Å². The van der Waals surface area contributed by atoms with Crippen molar-refractivity contribution < 1.29 is 8.42 Å². The lowest BCUT2D eigenvalue weighted by Gasteiger charge is -2.15. The summed E-state index contributed by atoms with van der Waals surface area (Å²) in [7, 11) is -3.43. The average Bonchev–Trinajstić information content (AvgIpc) is 3.06. The minimum absolute atomic E-state index is 0.244. The summed E-state index contributed by atoms with van der Waals surface area (Å²) in [6.07, 6.45) is 2.86. The first kappa shape index (κ1) is 19.1. The fourth-order valence-electron chi connectivity index (χ4n) is 3.27. The average molecular weight is 407 g/mol. The summed E-state index contributed by atoms with van der Waals surface area (Å²) in [5.41, 5.74) is 3.36. The van der Waals surface area contributed by atoms with Crippen LogP contribution < -0.4 is 4.72 Å². The molecule has 0 unspecified atom stereocenters. The zero-order valence-corrected chi connectivity index (χ0v) is 17.2. The number of hydrogen-bond acceptors (Lipinski definition) is 5. The number of anilines is 1. The highest BCUT2D eigenvalue weighted by Crippen LogP contribution is 2.31. The summed E-state index contributed by atoms with van der Waals surface area (Å²) in [5, 5.41) is 0. The van der Waals surface area contributed by atoms with Crippen LogP contribution >= 0.6 is 0 Å². The van der Waals surface area contributed by atoms with Crippen LogP contribution in [-0.4, -0.2) is 34.2 Å². The molecule has 0 spiro atoms. The first-order valence-corrected chi connectivity index (χ1v) is 11.1. The van der Waals surface area contributed by atoms with Crippen molar-refractivity contribution in [3.8, 4) is 17.3 Å². The fourth-order valence-corrected chi connectivity index (χ4v) is 3.76. The Labute approximate surface area is 169 Å². The third-order valence-electron chi connectivity index (χ3n) is 4.48. The molecule has 0 atom stereocenters. The predicted molar refractivity (Wildman–Crippen MR) is 115 cm³/mol. The minimum atomic E-state index is -3.43. The van der Waals surface area contributed by atoms with Gasteiger partial charge >= 0.3 is 0 Å². The lowest BCUT2D eigenvalue weighted by Crippen LogP contribution is -2.11. The molecule has 8 heteroatoms. The number of hydrogen-bond donors (Lipinski definition) is 1. The Balaban J connectivity index is 1.98. The van der Waals surface area contributed by atoms with E-state index >= 15 is 0 Å². The van der Waals surface area contributed by atoms with E-state index in [2.05, 4.69) is 34.6 Å². The van der Waals surface area contributed by atoms with Crippen LogP contribution in [0.3, 0.4) is 0 Å². The maximum atomic E-state index is 11.6. The van der Waals surface area contributed by atoms with E-state index in [1.807, 2.05) is 41.0 Å². The molecule has 148 valence electrons. The molecular weight excluding hydrogens is 386 g/mol. The minimum Gasteiger partial charge on any atom is -0.275 e. The molecule has 7 nitrogen and oxygen atoms in total. The van der Waals surface area contributed by atoms with Gasteiger partial charge in [0.05, 0.1) is 17.3 Å². The van der Waals surface area contributed by atoms with Crippen molar-refractivity contribution in [3.63, 3.8) is 0 Å². The van der Waals surface area contributed by atoms with Gasteiger partial charge in [-0.3, -0.25) is 9.29 Å². The van der Waals surface area contributed by atoms with Gasteiger partial charge in [0.25, 0.3) is 0 Å². The molecular formula is C21H21N5O2S. The van der Waals surface area contributed by atoms with Crippen molar-refractivity contribution in [2.24, 2.45) is 0 Å². The van der Waals surface area contributed by atoms with Crippen LogP contribution in [0.4, 0.5) is 5.82 Å². The van der Waals surface area contributed by atoms with Gasteiger partial charge in [-0.05, 0) is 41.8 Å². The number of rotatable bonds is 5. The van der Waals surface area contributed by atoms with Gasteiger partial charge in [-0.1, -0.05) is 38.1 Å². The Morgan fingerprint density at radius 2 is 1.76 bits per heavy atom. The Bertz CT molecular complexity index is 1300. The predicted octanol–water partition coefficient (Wildman–Crippen LogP) is 3.98. The highest BCUT2D eigenvalue weighted by molar-refractivity contribution is 7.92. The molecule has 0 fully saturated rings. The zero-order valence-electron chi connectivity index (χ0n) is 16.4. The van der Waals surface area contributed by atoms with Gasteiger partial charge < -0.3 is 0 Å². The molecule has 4 aromatic rings. The second-order valence-electron chi connectivity index (χ2n) is 7.11. The first-order chi connectivity index (χ1) is 13.8. The Kier molecular flexibility index (Phi) is 4.79. The Hall–Kier alpha value is -3.26. The number of pyridine rings is 2. The molecule has 3 aromatic heterocycles. The summed E-state index contributed by atoms with van der Waals surface area (Å²) in [6.45, 7) is 4.24. The van der Waals surface area contributed by atoms with Crippen molar-refractivity contribution in [1.29, 1.82) is 0 Å². The van der Waals surface area contributed by atoms with E-state index in [0.29, 0.717) is 11.5 Å². The van der Waals surface area contributed by atoms with Crippen molar-refractivity contribution in [3.05, 3.63) is 66.4 Å². The third-order valence-corrected chi connectivity index (χ3v) is 5.06. The van der Waals surface area contributed by atoms with E-state index in [4.69, 9.17) is 4.98 Å². The van der Waals surface area contributed by atoms with Crippen LogP contribution in [-0.2, 0) is 10.0 Å². The number of nitrogens with zero attached hydrogens (tertiary/aromatic N) is 4. The molecule has 0 aliphatic heterocycles. The normalized spacial score (nSPS) is 11.9. The smallest absolute Gasteiger partial charge is 0.230 e. The van der Waals surface area contributed by atoms with Gasteiger partial charge in [-0.25, -0.2) is 23.4 Å². The molecule has 1 aromatic carbocycles. The summed E-state index contributed by atoms with van der Waals surface area (Å²) in [5.74, 6) is 1.89. The summed E-state index contributed by atoms with van der Waals surface area (Å²) < 4.78 is 27.6. The largest absolute Gasteiger partial charge is 0.275 e. The van der Waals surface area contributed by atoms with E-state index in [9.17, 15) is 8.42 Å². The highest BCUT2D eigenvalue weighted by Gasteiger charge is 2.19. The summed E-state index contributed by atoms with van der Waals surface area (Å²) >= 11 is 0. The van der Waals surface area contributed by atoms with Crippen LogP contribution in [0.5, 0.6) is 0 Å². The SMILES string of the molecule is CC(C)c1cccnc1-n1c(-c2cccc(NS(C)(=O)=O)n2)nc2ccccc21. The van der Waals surface area contributed by atoms with E-state index in [1.54, 1.807) is 18.3 Å². The van der Waals surface area contributed by atoms with E-state index in [-0.39, 0.29) is 11.7 Å². The van der Waals surface area contributed by atoms with Crippen LogP contribution in [0.15, 0.2) is 60.8 Å². The zero-order chi connectivity index (χ0) is 20.6. The second-order valence-corrected chi connectivity index (χ2v) is 8.86. The molecule has 1 N–H and O–H groups in total. The van der Waals surface area contributed by atoms with Gasteiger partial charge in [-0.2, -0.15) is 0 Å². The summed E-state index contributed by atoms with van der Waals surface area (Å²) in [4.78, 5) is 13.9. The van der Waals surface area contributed by atoms with Crippen LogP contribution in [0.1, 0.15) is 25.3 Å². The quantitative estimate of drug-likeness (QED) is 0.540. The standard InChI is InChI=1S/C21H21N5O2S/c1-14(2)15-8-7-13-22-20(15)26-18-11-5-4-9-16(18)24-21(26)17-10-6-12-19(23-17)25-29(3,27)28/h4-14H,1-3H3,(H,23,25). The molecule has 0 aliphatic carbocycles. The van der Waals surface area contributed by atoms with Gasteiger partial charge in [-0.15, -0.1) is 0 Å². The molecule has 29 heavy (non-hydrogen) atoms. The highest BCUT2D eigenvalue weighted by atomic mass is 32.2. The number of benzene rings is 1. The van der Waals surface area contributed by atoms with E-state index in [0.717, 1.165) is 28.7 Å². The van der Waals surface area contributed by atoms with E-state index in [1.165, 1.54) is 0 Å². The molecule has 0 saturated carbocycles. The lowest BCUT2D eigenvalue weighted by molar-refractivity contribution is 0.606. The van der Waals surface area contributed by atoms with Crippen LogP contribution in [0.2, 0.25) is 0 Å². The number of para-hydroxylation sites is 2. The molecule has 0 radical (unpaired) electrons. The van der Waals surface area contributed by atoms with Gasteiger partial charge in [0, 0.05) is 6.20 Å². The van der Waals surface area contributed by atoms with Gasteiger partial charge in [0.2, 0.25) is 10.0 Å². The molecule has 0 saturated heterocycles. The van der Waals surface area contributed by atoms with E-state index < -0.39 is 10.0 Å². The maximum Gasteiger partial charge on any atom is 0.230 e. The molecule has 0 bridgehead atoms. The van der Waals surface area contributed by atoms with Crippen molar-refractivity contribution in [1.82, 2.24) is 19.5 Å². The fraction of sp³-hybridized carbons (Fsp3) is 0.190. The molecule has 3 heterocycles. The number of aromatic nitrogens is 4. The number of sulfonamides is 1. The summed E-state index contributed by atoms with van der Waals surface area (Å²) in [6, 6.07) is 17.0. The number of imidazole rings is 1. The maximum absolute atomic E-state index is 11.6.